The first-order valence-electron chi connectivity index (χ1n) is 8.65. The van der Waals surface area contributed by atoms with Crippen LogP contribution in [0.3, 0.4) is 0 Å². The highest BCUT2D eigenvalue weighted by atomic mass is 19.1. The van der Waals surface area contributed by atoms with Crippen LogP contribution in [0, 0.1) is 17.1 Å². The van der Waals surface area contributed by atoms with Gasteiger partial charge in [-0.25, -0.2) is 4.39 Å². The third-order valence-corrected chi connectivity index (χ3v) is 4.49. The highest BCUT2D eigenvalue weighted by molar-refractivity contribution is 5.80. The molecular weight excluding hydrogens is 329 g/mol. The molecule has 0 aliphatic carbocycles. The second-order valence-corrected chi connectivity index (χ2v) is 6.16. The number of benzene rings is 2. The Labute approximate surface area is 153 Å². The van der Waals surface area contributed by atoms with Gasteiger partial charge in [0.2, 0.25) is 0 Å². The fraction of sp³-hybridized carbons (Fsp3) is 0.300. The lowest BCUT2D eigenvalue weighted by Gasteiger charge is -2.37. The van der Waals surface area contributed by atoms with Crippen molar-refractivity contribution in [2.75, 3.05) is 38.1 Å². The van der Waals surface area contributed by atoms with Crippen LogP contribution in [0.5, 0.6) is 0 Å². The Balaban J connectivity index is 1.55. The van der Waals surface area contributed by atoms with Crippen molar-refractivity contribution in [3.05, 3.63) is 65.5 Å². The van der Waals surface area contributed by atoms with Crippen molar-refractivity contribution in [1.29, 1.82) is 5.26 Å². The largest absolute Gasteiger partial charge is 0.368 e. The van der Waals surface area contributed by atoms with E-state index in [9.17, 15) is 4.39 Å². The summed E-state index contributed by atoms with van der Waals surface area (Å²) < 4.78 is 13.1. The molecule has 1 saturated heterocycles. The Hall–Kier alpha value is -3.07. The number of hydrogen-bond donors (Lipinski definition) is 1. The number of rotatable bonds is 3. The number of anilines is 1. The summed E-state index contributed by atoms with van der Waals surface area (Å²) in [7, 11) is 1.78. The normalized spacial score (nSPS) is 14.9. The maximum Gasteiger partial charge on any atom is 0.194 e. The van der Waals surface area contributed by atoms with Crippen LogP contribution in [0.2, 0.25) is 0 Å². The fourth-order valence-corrected chi connectivity index (χ4v) is 3.09. The summed E-state index contributed by atoms with van der Waals surface area (Å²) in [6.45, 7) is 4.03. The van der Waals surface area contributed by atoms with Crippen molar-refractivity contribution < 1.29 is 4.39 Å². The highest BCUT2D eigenvalue weighted by Crippen LogP contribution is 2.17. The predicted octanol–water partition coefficient (Wildman–Crippen LogP) is 2.59. The Kier molecular flexibility index (Phi) is 5.69. The first-order valence-corrected chi connectivity index (χ1v) is 8.65. The van der Waals surface area contributed by atoms with E-state index in [1.807, 2.05) is 30.3 Å². The van der Waals surface area contributed by atoms with Gasteiger partial charge in [0.15, 0.2) is 5.96 Å². The van der Waals surface area contributed by atoms with Crippen LogP contribution in [-0.4, -0.2) is 44.1 Å². The van der Waals surface area contributed by atoms with Crippen LogP contribution in [0.15, 0.2) is 53.5 Å². The van der Waals surface area contributed by atoms with Crippen LogP contribution in [-0.2, 0) is 6.54 Å². The SMILES string of the molecule is CN=C(NCc1cccc(C#N)c1)N1CCN(c2ccc(F)cc2)CC1. The second-order valence-electron chi connectivity index (χ2n) is 6.16. The summed E-state index contributed by atoms with van der Waals surface area (Å²) in [4.78, 5) is 8.84. The number of nitrogens with zero attached hydrogens (tertiary/aromatic N) is 4. The Morgan fingerprint density at radius 3 is 2.54 bits per heavy atom. The molecule has 1 aliphatic rings. The van der Waals surface area contributed by atoms with Gasteiger partial charge in [0.25, 0.3) is 0 Å². The summed E-state index contributed by atoms with van der Waals surface area (Å²) in [6.07, 6.45) is 0. The van der Waals surface area contributed by atoms with E-state index in [1.165, 1.54) is 12.1 Å². The average Bonchev–Trinajstić information content (AvgIpc) is 2.70. The summed E-state index contributed by atoms with van der Waals surface area (Å²) in [5, 5.41) is 12.4. The average molecular weight is 351 g/mol. The maximum absolute atomic E-state index is 13.1. The molecule has 0 aromatic heterocycles. The lowest BCUT2D eigenvalue weighted by Crippen LogP contribution is -2.52. The number of hydrogen-bond acceptors (Lipinski definition) is 3. The number of piperazine rings is 1. The molecule has 1 fully saturated rings. The number of guanidine groups is 1. The quantitative estimate of drug-likeness (QED) is 0.682. The summed E-state index contributed by atoms with van der Waals surface area (Å²) >= 11 is 0. The molecule has 0 radical (unpaired) electrons. The van der Waals surface area contributed by atoms with E-state index in [-0.39, 0.29) is 5.82 Å². The molecule has 0 bridgehead atoms. The third kappa shape index (κ3) is 4.31. The van der Waals surface area contributed by atoms with E-state index in [1.54, 1.807) is 13.1 Å². The maximum atomic E-state index is 13.1. The van der Waals surface area contributed by atoms with Gasteiger partial charge in [-0.2, -0.15) is 5.26 Å². The van der Waals surface area contributed by atoms with Crippen LogP contribution in [0.1, 0.15) is 11.1 Å². The zero-order valence-electron chi connectivity index (χ0n) is 14.8. The van der Waals surface area contributed by atoms with Crippen LogP contribution in [0.25, 0.3) is 0 Å². The van der Waals surface area contributed by atoms with Crippen LogP contribution < -0.4 is 10.2 Å². The molecule has 0 amide bonds. The second kappa shape index (κ2) is 8.34. The highest BCUT2D eigenvalue weighted by Gasteiger charge is 2.19. The third-order valence-electron chi connectivity index (χ3n) is 4.49. The molecule has 0 spiro atoms. The molecule has 26 heavy (non-hydrogen) atoms. The zero-order chi connectivity index (χ0) is 18.4. The molecule has 6 heteroatoms. The van der Waals surface area contributed by atoms with Gasteiger partial charge in [-0.1, -0.05) is 12.1 Å². The monoisotopic (exact) mass is 351 g/mol. The van der Waals surface area contributed by atoms with Gasteiger partial charge in [0, 0.05) is 45.5 Å². The molecule has 134 valence electrons. The van der Waals surface area contributed by atoms with Gasteiger partial charge in [0.1, 0.15) is 5.82 Å². The molecule has 1 heterocycles. The van der Waals surface area contributed by atoms with Gasteiger partial charge in [-0.15, -0.1) is 0 Å². The van der Waals surface area contributed by atoms with Gasteiger partial charge in [-0.3, -0.25) is 4.99 Å². The Morgan fingerprint density at radius 1 is 1.15 bits per heavy atom. The minimum atomic E-state index is -0.211. The van der Waals surface area contributed by atoms with E-state index in [2.05, 4.69) is 26.2 Å². The first-order chi connectivity index (χ1) is 12.7. The summed E-state index contributed by atoms with van der Waals surface area (Å²) in [6, 6.07) is 16.4. The minimum absolute atomic E-state index is 0.211. The number of halogens is 1. The lowest BCUT2D eigenvalue weighted by molar-refractivity contribution is 0.372. The van der Waals surface area contributed by atoms with E-state index in [0.717, 1.165) is 43.4 Å². The molecule has 0 unspecified atom stereocenters. The van der Waals surface area contributed by atoms with Gasteiger partial charge in [-0.05, 0) is 42.0 Å². The molecule has 2 aromatic rings. The van der Waals surface area contributed by atoms with E-state index >= 15 is 0 Å². The molecule has 2 aromatic carbocycles. The van der Waals surface area contributed by atoms with Gasteiger partial charge in [0.05, 0.1) is 11.6 Å². The Morgan fingerprint density at radius 2 is 1.88 bits per heavy atom. The van der Waals surface area contributed by atoms with Crippen molar-refractivity contribution in [2.45, 2.75) is 6.54 Å². The lowest BCUT2D eigenvalue weighted by atomic mass is 10.1. The molecule has 3 rings (SSSR count). The molecule has 0 atom stereocenters. The first kappa shape index (κ1) is 17.7. The molecule has 0 saturated carbocycles. The van der Waals surface area contributed by atoms with Crippen molar-refractivity contribution in [3.8, 4) is 6.07 Å². The van der Waals surface area contributed by atoms with E-state index in [0.29, 0.717) is 12.1 Å². The van der Waals surface area contributed by atoms with Gasteiger partial charge < -0.3 is 15.1 Å². The molecule has 1 N–H and O–H groups in total. The molecular formula is C20H22FN5. The number of nitrogens with one attached hydrogen (secondary N) is 1. The van der Waals surface area contributed by atoms with Crippen LogP contribution in [0.4, 0.5) is 10.1 Å². The van der Waals surface area contributed by atoms with Crippen molar-refractivity contribution in [1.82, 2.24) is 10.2 Å². The van der Waals surface area contributed by atoms with Crippen molar-refractivity contribution in [3.63, 3.8) is 0 Å². The summed E-state index contributed by atoms with van der Waals surface area (Å²) in [5.41, 5.74) is 2.75. The number of aliphatic imine (C=N–C) groups is 1. The van der Waals surface area contributed by atoms with Crippen LogP contribution >= 0.6 is 0 Å². The van der Waals surface area contributed by atoms with Gasteiger partial charge >= 0.3 is 0 Å². The van der Waals surface area contributed by atoms with E-state index < -0.39 is 0 Å². The zero-order valence-corrected chi connectivity index (χ0v) is 14.8. The smallest absolute Gasteiger partial charge is 0.194 e. The van der Waals surface area contributed by atoms with Crippen molar-refractivity contribution in [2.24, 2.45) is 4.99 Å². The van der Waals surface area contributed by atoms with E-state index in [4.69, 9.17) is 5.26 Å². The standard InChI is InChI=1S/C20H22FN5/c1-23-20(24-15-17-4-2-3-16(13-17)14-22)26-11-9-25(10-12-26)19-7-5-18(21)6-8-19/h2-8,13H,9-12,15H2,1H3,(H,23,24). The summed E-state index contributed by atoms with van der Waals surface area (Å²) in [5.74, 6) is 0.642. The van der Waals surface area contributed by atoms with Crippen molar-refractivity contribution >= 4 is 11.6 Å². The number of nitriles is 1. The molecule has 1 aliphatic heterocycles. The topological polar surface area (TPSA) is 54.7 Å². The Bertz CT molecular complexity index is 802. The fourth-order valence-electron chi connectivity index (χ4n) is 3.09. The predicted molar refractivity (Wildman–Crippen MR) is 102 cm³/mol. The molecule has 5 nitrogen and oxygen atoms in total. The minimum Gasteiger partial charge on any atom is -0.368 e.